The summed E-state index contributed by atoms with van der Waals surface area (Å²) in [6.07, 6.45) is 1.95. The number of nitrogens with one attached hydrogen (secondary N) is 1. The Kier molecular flexibility index (Phi) is 6.44. The molecule has 0 saturated heterocycles. The highest BCUT2D eigenvalue weighted by Gasteiger charge is 2.18. The third-order valence-electron chi connectivity index (χ3n) is 2.57. The normalized spacial score (nSPS) is 10.3. The number of unbranched alkanes of at least 4 members (excludes halogenated alkanes) is 1. The van der Waals surface area contributed by atoms with Gasteiger partial charge in [-0.1, -0.05) is 25.1 Å². The summed E-state index contributed by atoms with van der Waals surface area (Å²) in [5, 5.41) is 12.3. The zero-order chi connectivity index (χ0) is 15.1. The van der Waals surface area contributed by atoms with Crippen LogP contribution in [0.2, 0.25) is 0 Å². The number of rotatable bonds is 7. The van der Waals surface area contributed by atoms with E-state index in [1.54, 1.807) is 13.8 Å². The summed E-state index contributed by atoms with van der Waals surface area (Å²) in [6.45, 7) is 6.02. The van der Waals surface area contributed by atoms with E-state index in [2.05, 4.69) is 15.3 Å². The molecule has 0 fully saturated rings. The summed E-state index contributed by atoms with van der Waals surface area (Å²) in [5.74, 6) is -0.536. The van der Waals surface area contributed by atoms with Crippen LogP contribution < -0.4 is 5.32 Å². The molecule has 0 radical (unpaired) electrons. The Balaban J connectivity index is 2.72. The van der Waals surface area contributed by atoms with Crippen LogP contribution in [0.25, 0.3) is 0 Å². The molecule has 1 amide bonds. The van der Waals surface area contributed by atoms with Crippen molar-refractivity contribution in [1.82, 2.24) is 15.3 Å². The van der Waals surface area contributed by atoms with E-state index in [-0.39, 0.29) is 17.2 Å². The van der Waals surface area contributed by atoms with Gasteiger partial charge in [-0.15, -0.1) is 0 Å². The Labute approximate surface area is 122 Å². The Morgan fingerprint density at radius 1 is 1.30 bits per heavy atom. The first-order valence-corrected chi connectivity index (χ1v) is 7.42. The van der Waals surface area contributed by atoms with E-state index in [1.165, 1.54) is 0 Å². The number of hydrogen-bond donors (Lipinski definition) is 2. The van der Waals surface area contributed by atoms with Gasteiger partial charge in [-0.2, -0.15) is 0 Å². The molecule has 1 aromatic rings. The zero-order valence-corrected chi connectivity index (χ0v) is 12.7. The number of carboxylic acid groups (broad SMARTS) is 1. The van der Waals surface area contributed by atoms with Gasteiger partial charge in [0.1, 0.15) is 16.4 Å². The van der Waals surface area contributed by atoms with Gasteiger partial charge < -0.3 is 10.4 Å². The number of hydrogen-bond acceptors (Lipinski definition) is 5. The molecule has 1 heterocycles. The van der Waals surface area contributed by atoms with Gasteiger partial charge in [0, 0.05) is 6.54 Å². The van der Waals surface area contributed by atoms with E-state index >= 15 is 0 Å². The largest absolute Gasteiger partial charge is 0.478 e. The molecule has 7 heteroatoms. The summed E-state index contributed by atoms with van der Waals surface area (Å²) in [5.41, 5.74) is 0.487. The minimum absolute atomic E-state index is 0.0713. The molecule has 0 aliphatic heterocycles. The number of aryl methyl sites for hydroxylation is 2. The second-order valence-corrected chi connectivity index (χ2v) is 5.30. The fraction of sp³-hybridized carbons (Fsp3) is 0.538. The number of aromatic carboxylic acids is 1. The van der Waals surface area contributed by atoms with E-state index in [0.717, 1.165) is 24.6 Å². The van der Waals surface area contributed by atoms with Gasteiger partial charge >= 0.3 is 5.97 Å². The highest BCUT2D eigenvalue weighted by Crippen LogP contribution is 2.22. The van der Waals surface area contributed by atoms with E-state index in [9.17, 15) is 14.7 Å². The Hall–Kier alpha value is -1.63. The molecule has 0 saturated carbocycles. The average Bonchev–Trinajstić information content (AvgIpc) is 2.35. The molecule has 0 aliphatic carbocycles. The minimum atomic E-state index is -1.07. The van der Waals surface area contributed by atoms with E-state index in [1.807, 2.05) is 6.92 Å². The second kappa shape index (κ2) is 7.84. The third kappa shape index (κ3) is 4.80. The summed E-state index contributed by atoms with van der Waals surface area (Å²) < 4.78 is 0. The van der Waals surface area contributed by atoms with Crippen molar-refractivity contribution in [3.8, 4) is 0 Å². The molecule has 110 valence electrons. The van der Waals surface area contributed by atoms with Gasteiger partial charge in [-0.3, -0.25) is 4.79 Å². The Morgan fingerprint density at radius 3 is 2.60 bits per heavy atom. The second-order valence-electron chi connectivity index (χ2n) is 4.33. The predicted molar refractivity (Wildman–Crippen MR) is 77.1 cm³/mol. The van der Waals surface area contributed by atoms with Gasteiger partial charge in [0.25, 0.3) is 0 Å². The molecule has 1 rings (SSSR count). The summed E-state index contributed by atoms with van der Waals surface area (Å²) in [6, 6.07) is 0. The van der Waals surface area contributed by atoms with E-state index in [4.69, 9.17) is 0 Å². The molecule has 0 atom stereocenters. The predicted octanol–water partition coefficient (Wildman–Crippen LogP) is 1.80. The van der Waals surface area contributed by atoms with Crippen LogP contribution in [0.1, 0.15) is 41.6 Å². The fourth-order valence-corrected chi connectivity index (χ4v) is 2.57. The standard InChI is InChI=1S/C13H19N3O3S/c1-4-5-6-14-10(17)7-20-12-11(13(18)19)8(2)15-9(3)16-12/h4-7H2,1-3H3,(H,14,17)(H,18,19). The van der Waals surface area contributed by atoms with Crippen molar-refractivity contribution in [2.75, 3.05) is 12.3 Å². The number of nitrogens with zero attached hydrogens (tertiary/aromatic N) is 2. The van der Waals surface area contributed by atoms with Crippen molar-refractivity contribution in [3.63, 3.8) is 0 Å². The Bertz CT molecular complexity index is 506. The van der Waals surface area contributed by atoms with Crippen molar-refractivity contribution in [1.29, 1.82) is 0 Å². The maximum Gasteiger partial charge on any atom is 0.340 e. The number of thioether (sulfide) groups is 1. The molecule has 20 heavy (non-hydrogen) atoms. The number of carboxylic acids is 1. The van der Waals surface area contributed by atoms with Crippen molar-refractivity contribution in [2.24, 2.45) is 0 Å². The van der Waals surface area contributed by atoms with Gasteiger partial charge in [-0.05, 0) is 20.3 Å². The van der Waals surface area contributed by atoms with Crippen molar-refractivity contribution in [2.45, 2.75) is 38.6 Å². The minimum Gasteiger partial charge on any atom is -0.478 e. The Morgan fingerprint density at radius 2 is 2.00 bits per heavy atom. The average molecular weight is 297 g/mol. The summed E-state index contributed by atoms with van der Waals surface area (Å²) >= 11 is 1.13. The third-order valence-corrected chi connectivity index (χ3v) is 3.55. The molecule has 0 bridgehead atoms. The van der Waals surface area contributed by atoms with Crippen LogP contribution in [0, 0.1) is 13.8 Å². The molecular weight excluding hydrogens is 278 g/mol. The molecular formula is C13H19N3O3S. The lowest BCUT2D eigenvalue weighted by Gasteiger charge is -2.08. The van der Waals surface area contributed by atoms with Crippen molar-refractivity contribution >= 4 is 23.6 Å². The van der Waals surface area contributed by atoms with Gasteiger partial charge in [0.15, 0.2) is 0 Å². The van der Waals surface area contributed by atoms with Crippen LogP contribution in [0.15, 0.2) is 5.03 Å². The van der Waals surface area contributed by atoms with E-state index in [0.29, 0.717) is 23.1 Å². The molecule has 0 unspecified atom stereocenters. The van der Waals surface area contributed by atoms with E-state index < -0.39 is 5.97 Å². The van der Waals surface area contributed by atoms with Crippen LogP contribution in [0.3, 0.4) is 0 Å². The van der Waals surface area contributed by atoms with Crippen LogP contribution in [-0.2, 0) is 4.79 Å². The maximum atomic E-state index is 11.6. The summed E-state index contributed by atoms with van der Waals surface area (Å²) in [4.78, 5) is 31.0. The number of aromatic nitrogens is 2. The lowest BCUT2D eigenvalue weighted by molar-refractivity contribution is -0.118. The molecule has 0 aliphatic rings. The first-order valence-electron chi connectivity index (χ1n) is 6.43. The van der Waals surface area contributed by atoms with Gasteiger partial charge in [-0.25, -0.2) is 14.8 Å². The van der Waals surface area contributed by atoms with Crippen molar-refractivity contribution in [3.05, 3.63) is 17.1 Å². The van der Waals surface area contributed by atoms with Gasteiger partial charge in [0.2, 0.25) is 5.91 Å². The maximum absolute atomic E-state index is 11.6. The quantitative estimate of drug-likeness (QED) is 0.453. The van der Waals surface area contributed by atoms with Crippen LogP contribution in [0.4, 0.5) is 0 Å². The highest BCUT2D eigenvalue weighted by molar-refractivity contribution is 8.00. The molecule has 6 nitrogen and oxygen atoms in total. The van der Waals surface area contributed by atoms with Crippen LogP contribution >= 0.6 is 11.8 Å². The molecule has 0 spiro atoms. The molecule has 2 N–H and O–H groups in total. The number of carbonyl (C=O) groups is 2. The fourth-order valence-electron chi connectivity index (χ4n) is 1.62. The first kappa shape index (κ1) is 16.4. The van der Waals surface area contributed by atoms with Crippen LogP contribution in [0.5, 0.6) is 0 Å². The van der Waals surface area contributed by atoms with Gasteiger partial charge in [0.05, 0.1) is 11.4 Å². The van der Waals surface area contributed by atoms with Crippen LogP contribution in [-0.4, -0.2) is 39.2 Å². The topological polar surface area (TPSA) is 92.2 Å². The summed E-state index contributed by atoms with van der Waals surface area (Å²) in [7, 11) is 0. The molecule has 0 aromatic carbocycles. The monoisotopic (exact) mass is 297 g/mol. The molecule has 1 aromatic heterocycles. The lowest BCUT2D eigenvalue weighted by Crippen LogP contribution is -2.26. The SMILES string of the molecule is CCCCNC(=O)CSc1nc(C)nc(C)c1C(=O)O. The first-order chi connectivity index (χ1) is 9.45. The highest BCUT2D eigenvalue weighted by atomic mass is 32.2. The lowest BCUT2D eigenvalue weighted by atomic mass is 10.2. The van der Waals surface area contributed by atoms with Crippen molar-refractivity contribution < 1.29 is 14.7 Å². The zero-order valence-electron chi connectivity index (χ0n) is 11.9. The number of carbonyl (C=O) groups excluding carboxylic acids is 1. The number of amides is 1. The smallest absolute Gasteiger partial charge is 0.340 e.